The Morgan fingerprint density at radius 1 is 1.00 bits per heavy atom. The van der Waals surface area contributed by atoms with Gasteiger partial charge >= 0.3 is 0 Å². The Balaban J connectivity index is 1.57. The number of benzene rings is 2. The Kier molecular flexibility index (Phi) is 5.10. The van der Waals surface area contributed by atoms with Gasteiger partial charge in [0.15, 0.2) is 11.5 Å². The average molecular weight is 371 g/mol. The number of fused-ring (bicyclic) bond motifs is 1. The number of hydrogen-bond donors (Lipinski definition) is 0. The number of hydrogen-bond acceptors (Lipinski definition) is 4. The SMILES string of the molecule is CCN(Cc1ccccc1)C(=O)Cn1cnc2cnc(-c3ccccc3)nc21. The molecular formula is C22H21N5O. The highest BCUT2D eigenvalue weighted by atomic mass is 16.2. The molecule has 2 heterocycles. The monoisotopic (exact) mass is 371 g/mol. The third-order valence-corrected chi connectivity index (χ3v) is 4.65. The van der Waals surface area contributed by atoms with Crippen LogP contribution in [-0.2, 0) is 17.9 Å². The summed E-state index contributed by atoms with van der Waals surface area (Å²) < 4.78 is 1.79. The highest BCUT2D eigenvalue weighted by molar-refractivity contribution is 5.79. The zero-order chi connectivity index (χ0) is 19.3. The van der Waals surface area contributed by atoms with E-state index in [1.807, 2.05) is 72.5 Å². The van der Waals surface area contributed by atoms with Crippen LogP contribution in [0.15, 0.2) is 73.2 Å². The van der Waals surface area contributed by atoms with E-state index in [-0.39, 0.29) is 12.5 Å². The molecule has 6 nitrogen and oxygen atoms in total. The van der Waals surface area contributed by atoms with Crippen molar-refractivity contribution in [1.82, 2.24) is 24.4 Å². The third kappa shape index (κ3) is 3.76. The molecule has 4 aromatic rings. The summed E-state index contributed by atoms with van der Waals surface area (Å²) in [7, 11) is 0. The van der Waals surface area contributed by atoms with E-state index in [2.05, 4.69) is 15.0 Å². The van der Waals surface area contributed by atoms with Crippen LogP contribution in [0.2, 0.25) is 0 Å². The van der Waals surface area contributed by atoms with Crippen molar-refractivity contribution < 1.29 is 4.79 Å². The number of carbonyl (C=O) groups is 1. The maximum absolute atomic E-state index is 12.9. The maximum atomic E-state index is 12.9. The van der Waals surface area contributed by atoms with E-state index in [4.69, 9.17) is 0 Å². The van der Waals surface area contributed by atoms with Crippen LogP contribution in [0.25, 0.3) is 22.6 Å². The van der Waals surface area contributed by atoms with E-state index in [1.165, 1.54) is 0 Å². The molecule has 0 saturated heterocycles. The number of likely N-dealkylation sites (N-methyl/N-ethyl adjacent to an activating group) is 1. The lowest BCUT2D eigenvalue weighted by Gasteiger charge is -2.21. The first-order valence-corrected chi connectivity index (χ1v) is 9.29. The number of aromatic nitrogens is 4. The molecule has 0 saturated carbocycles. The molecule has 0 aliphatic rings. The van der Waals surface area contributed by atoms with Crippen molar-refractivity contribution in [2.24, 2.45) is 0 Å². The van der Waals surface area contributed by atoms with E-state index in [0.717, 1.165) is 11.1 Å². The normalized spacial score (nSPS) is 10.9. The Hall–Kier alpha value is -3.54. The fourth-order valence-electron chi connectivity index (χ4n) is 3.12. The van der Waals surface area contributed by atoms with Crippen LogP contribution in [-0.4, -0.2) is 36.9 Å². The standard InChI is InChI=1S/C22H21N5O/c1-2-26(14-17-9-5-3-6-10-17)20(28)15-27-16-24-19-13-23-21(25-22(19)27)18-11-7-4-8-12-18/h3-13,16H,2,14-15H2,1H3. The molecule has 0 spiro atoms. The summed E-state index contributed by atoms with van der Waals surface area (Å²) in [6, 6.07) is 19.8. The predicted octanol–water partition coefficient (Wildman–Crippen LogP) is 3.54. The van der Waals surface area contributed by atoms with Crippen LogP contribution >= 0.6 is 0 Å². The Morgan fingerprint density at radius 2 is 1.71 bits per heavy atom. The lowest BCUT2D eigenvalue weighted by atomic mass is 10.2. The summed E-state index contributed by atoms with van der Waals surface area (Å²) in [5.74, 6) is 0.657. The minimum absolute atomic E-state index is 0.0329. The summed E-state index contributed by atoms with van der Waals surface area (Å²) >= 11 is 0. The van der Waals surface area contributed by atoms with Crippen LogP contribution < -0.4 is 0 Å². The summed E-state index contributed by atoms with van der Waals surface area (Å²) in [5.41, 5.74) is 3.39. The molecule has 4 rings (SSSR count). The molecule has 1 amide bonds. The van der Waals surface area contributed by atoms with Crippen LogP contribution in [0.4, 0.5) is 0 Å². The summed E-state index contributed by atoms with van der Waals surface area (Å²) in [6.07, 6.45) is 3.36. The van der Waals surface area contributed by atoms with Crippen LogP contribution in [0.3, 0.4) is 0 Å². The molecule has 140 valence electrons. The molecule has 0 unspecified atom stereocenters. The van der Waals surface area contributed by atoms with Crippen molar-refractivity contribution >= 4 is 17.1 Å². The Bertz CT molecular complexity index is 1080. The second-order valence-electron chi connectivity index (χ2n) is 6.53. The number of imidazole rings is 1. The van der Waals surface area contributed by atoms with Gasteiger partial charge in [0.2, 0.25) is 5.91 Å². The molecule has 0 atom stereocenters. The van der Waals surface area contributed by atoms with Crippen LogP contribution in [0.5, 0.6) is 0 Å². The first-order valence-electron chi connectivity index (χ1n) is 9.29. The first-order chi connectivity index (χ1) is 13.7. The van der Waals surface area contributed by atoms with E-state index < -0.39 is 0 Å². The second-order valence-corrected chi connectivity index (χ2v) is 6.53. The second kappa shape index (κ2) is 8.00. The summed E-state index contributed by atoms with van der Waals surface area (Å²) in [4.78, 5) is 28.1. The number of nitrogens with zero attached hydrogens (tertiary/aromatic N) is 5. The highest BCUT2D eigenvalue weighted by Crippen LogP contribution is 2.18. The molecule has 0 fully saturated rings. The average Bonchev–Trinajstić information content (AvgIpc) is 3.15. The Morgan fingerprint density at radius 3 is 2.43 bits per heavy atom. The van der Waals surface area contributed by atoms with Gasteiger partial charge in [0.25, 0.3) is 0 Å². The molecule has 28 heavy (non-hydrogen) atoms. The molecular weight excluding hydrogens is 350 g/mol. The molecule has 2 aromatic carbocycles. The third-order valence-electron chi connectivity index (χ3n) is 4.65. The van der Waals surface area contributed by atoms with Crippen molar-refractivity contribution in [3.8, 4) is 11.4 Å². The van der Waals surface area contributed by atoms with E-state index in [0.29, 0.717) is 30.1 Å². The lowest BCUT2D eigenvalue weighted by Crippen LogP contribution is -2.33. The molecule has 0 bridgehead atoms. The fourth-order valence-corrected chi connectivity index (χ4v) is 3.12. The van der Waals surface area contributed by atoms with Gasteiger partial charge < -0.3 is 9.47 Å². The van der Waals surface area contributed by atoms with Gasteiger partial charge in [-0.05, 0) is 12.5 Å². The van der Waals surface area contributed by atoms with Gasteiger partial charge in [-0.2, -0.15) is 0 Å². The molecule has 0 N–H and O–H groups in total. The molecule has 0 aliphatic heterocycles. The van der Waals surface area contributed by atoms with Crippen molar-refractivity contribution in [2.75, 3.05) is 6.54 Å². The summed E-state index contributed by atoms with van der Waals surface area (Å²) in [5, 5.41) is 0. The Labute approximate surface area is 163 Å². The smallest absolute Gasteiger partial charge is 0.242 e. The fraction of sp³-hybridized carbons (Fsp3) is 0.182. The minimum atomic E-state index is 0.0329. The largest absolute Gasteiger partial charge is 0.337 e. The van der Waals surface area contributed by atoms with Crippen LogP contribution in [0, 0.1) is 0 Å². The van der Waals surface area contributed by atoms with Gasteiger partial charge in [-0.1, -0.05) is 60.7 Å². The minimum Gasteiger partial charge on any atom is -0.337 e. The molecule has 6 heteroatoms. The summed E-state index contributed by atoms with van der Waals surface area (Å²) in [6.45, 7) is 3.42. The zero-order valence-corrected chi connectivity index (χ0v) is 15.7. The quantitative estimate of drug-likeness (QED) is 0.520. The van der Waals surface area contributed by atoms with Gasteiger partial charge in [0.1, 0.15) is 12.1 Å². The predicted molar refractivity (Wildman–Crippen MR) is 108 cm³/mol. The van der Waals surface area contributed by atoms with Gasteiger partial charge in [-0.3, -0.25) is 4.79 Å². The van der Waals surface area contributed by atoms with E-state index in [9.17, 15) is 4.79 Å². The highest BCUT2D eigenvalue weighted by Gasteiger charge is 2.16. The van der Waals surface area contributed by atoms with E-state index in [1.54, 1.807) is 17.1 Å². The van der Waals surface area contributed by atoms with Crippen LogP contribution in [0.1, 0.15) is 12.5 Å². The van der Waals surface area contributed by atoms with Gasteiger partial charge in [0, 0.05) is 18.7 Å². The van der Waals surface area contributed by atoms with E-state index >= 15 is 0 Å². The molecule has 2 aromatic heterocycles. The number of amides is 1. The molecule has 0 radical (unpaired) electrons. The van der Waals surface area contributed by atoms with Crippen molar-refractivity contribution in [3.63, 3.8) is 0 Å². The first kappa shape index (κ1) is 17.9. The van der Waals surface area contributed by atoms with Crippen molar-refractivity contribution in [3.05, 3.63) is 78.8 Å². The van der Waals surface area contributed by atoms with Crippen molar-refractivity contribution in [1.29, 1.82) is 0 Å². The number of rotatable bonds is 6. The van der Waals surface area contributed by atoms with Gasteiger partial charge in [-0.25, -0.2) is 15.0 Å². The zero-order valence-electron chi connectivity index (χ0n) is 15.7. The lowest BCUT2D eigenvalue weighted by molar-refractivity contribution is -0.132. The van der Waals surface area contributed by atoms with Crippen molar-refractivity contribution in [2.45, 2.75) is 20.0 Å². The maximum Gasteiger partial charge on any atom is 0.242 e. The topological polar surface area (TPSA) is 63.9 Å². The van der Waals surface area contributed by atoms with Gasteiger partial charge in [0.05, 0.1) is 12.5 Å². The number of carbonyl (C=O) groups excluding carboxylic acids is 1. The van der Waals surface area contributed by atoms with Gasteiger partial charge in [-0.15, -0.1) is 0 Å². The molecule has 0 aliphatic carbocycles.